The summed E-state index contributed by atoms with van der Waals surface area (Å²) >= 11 is 5.87. The molecule has 122 valence electrons. The van der Waals surface area contributed by atoms with Crippen molar-refractivity contribution in [1.82, 2.24) is 5.32 Å². The maximum atomic E-state index is 12.2. The van der Waals surface area contributed by atoms with Gasteiger partial charge in [0.15, 0.2) is 0 Å². The van der Waals surface area contributed by atoms with Crippen LogP contribution in [0.1, 0.15) is 15.9 Å². The predicted molar refractivity (Wildman–Crippen MR) is 94.8 cm³/mol. The molecule has 0 atom stereocenters. The first-order valence-corrected chi connectivity index (χ1v) is 7.78. The number of amides is 1. The Morgan fingerprint density at radius 2 is 1.83 bits per heavy atom. The topological polar surface area (TPSA) is 58.6 Å². The van der Waals surface area contributed by atoms with Crippen molar-refractivity contribution in [2.24, 2.45) is 0 Å². The van der Waals surface area contributed by atoms with E-state index in [1.807, 2.05) is 36.4 Å². The number of nitrogens with one attached hydrogen (secondary N) is 1. The first-order chi connectivity index (χ1) is 11.6. The third-order valence-electron chi connectivity index (χ3n) is 3.77. The molecule has 5 heteroatoms. The van der Waals surface area contributed by atoms with Crippen molar-refractivity contribution in [1.29, 1.82) is 0 Å². The first-order valence-electron chi connectivity index (χ1n) is 7.40. The van der Waals surface area contributed by atoms with Gasteiger partial charge in [0.2, 0.25) is 0 Å². The third-order valence-corrected chi connectivity index (χ3v) is 4.00. The molecule has 4 nitrogen and oxygen atoms in total. The van der Waals surface area contributed by atoms with Crippen LogP contribution >= 0.6 is 11.6 Å². The fraction of sp³-hybridized carbons (Fsp3) is 0.105. The van der Waals surface area contributed by atoms with Crippen molar-refractivity contribution in [3.05, 3.63) is 70.7 Å². The summed E-state index contributed by atoms with van der Waals surface area (Å²) in [6, 6.07) is 16.1. The number of phenols is 1. The molecule has 0 heterocycles. The summed E-state index contributed by atoms with van der Waals surface area (Å²) in [5.41, 5.74) is 1.12. The number of aromatic hydroxyl groups is 1. The Kier molecular flexibility index (Phi) is 4.58. The van der Waals surface area contributed by atoms with Crippen molar-refractivity contribution >= 4 is 28.3 Å². The zero-order valence-corrected chi connectivity index (χ0v) is 13.8. The second kappa shape index (κ2) is 6.81. The van der Waals surface area contributed by atoms with Crippen molar-refractivity contribution in [2.75, 3.05) is 7.11 Å². The highest BCUT2D eigenvalue weighted by atomic mass is 35.5. The third kappa shape index (κ3) is 3.44. The van der Waals surface area contributed by atoms with Gasteiger partial charge < -0.3 is 15.2 Å². The van der Waals surface area contributed by atoms with Crippen molar-refractivity contribution < 1.29 is 14.6 Å². The molecule has 0 aromatic heterocycles. The smallest absolute Gasteiger partial charge is 0.255 e. The Morgan fingerprint density at radius 1 is 1.08 bits per heavy atom. The minimum absolute atomic E-state index is 0.0949. The zero-order chi connectivity index (χ0) is 17.1. The highest BCUT2D eigenvalue weighted by molar-refractivity contribution is 6.31. The molecule has 0 bridgehead atoms. The number of carbonyl (C=O) groups excluding carboxylic acids is 1. The van der Waals surface area contributed by atoms with Crippen molar-refractivity contribution in [3.8, 4) is 11.5 Å². The SMILES string of the molecule is COc1ccc2cc(CNC(=O)c3cc(Cl)ccc3O)ccc2c1. The highest BCUT2D eigenvalue weighted by Gasteiger charge is 2.11. The fourth-order valence-corrected chi connectivity index (χ4v) is 2.65. The van der Waals surface area contributed by atoms with E-state index in [1.165, 1.54) is 18.2 Å². The lowest BCUT2D eigenvalue weighted by atomic mass is 10.1. The molecular weight excluding hydrogens is 326 g/mol. The van der Waals surface area contributed by atoms with Crippen LogP contribution in [0.5, 0.6) is 11.5 Å². The summed E-state index contributed by atoms with van der Waals surface area (Å²) < 4.78 is 5.21. The molecule has 0 aliphatic carbocycles. The number of rotatable bonds is 4. The Balaban J connectivity index is 1.75. The standard InChI is InChI=1S/C19H16ClNO3/c1-24-16-6-4-13-8-12(2-3-14(13)9-16)11-21-19(23)17-10-15(20)5-7-18(17)22/h2-10,22H,11H2,1H3,(H,21,23). The lowest BCUT2D eigenvalue weighted by Gasteiger charge is -2.09. The molecule has 0 aliphatic heterocycles. The normalized spacial score (nSPS) is 10.6. The molecule has 0 saturated heterocycles. The molecular formula is C19H16ClNO3. The number of hydrogen-bond donors (Lipinski definition) is 2. The lowest BCUT2D eigenvalue weighted by molar-refractivity contribution is 0.0948. The molecule has 1 amide bonds. The monoisotopic (exact) mass is 341 g/mol. The number of hydrogen-bond acceptors (Lipinski definition) is 3. The van der Waals surface area contributed by atoms with Gasteiger partial charge in [-0.1, -0.05) is 29.8 Å². The predicted octanol–water partition coefficient (Wildman–Crippen LogP) is 4.14. The molecule has 0 saturated carbocycles. The summed E-state index contributed by atoms with van der Waals surface area (Å²) in [5.74, 6) is 0.340. The van der Waals surface area contributed by atoms with Gasteiger partial charge in [0, 0.05) is 11.6 Å². The van der Waals surface area contributed by atoms with Crippen LogP contribution in [0.15, 0.2) is 54.6 Å². The molecule has 0 aliphatic rings. The summed E-state index contributed by atoms with van der Waals surface area (Å²) in [6.45, 7) is 0.354. The molecule has 0 radical (unpaired) electrons. The Morgan fingerprint density at radius 3 is 2.62 bits per heavy atom. The van der Waals surface area contributed by atoms with E-state index in [1.54, 1.807) is 7.11 Å². The van der Waals surface area contributed by atoms with E-state index >= 15 is 0 Å². The van der Waals surface area contributed by atoms with Crippen LogP contribution in [0.3, 0.4) is 0 Å². The minimum Gasteiger partial charge on any atom is -0.507 e. The van der Waals surface area contributed by atoms with Gasteiger partial charge in [0.05, 0.1) is 12.7 Å². The molecule has 0 fully saturated rings. The van der Waals surface area contributed by atoms with E-state index in [2.05, 4.69) is 5.32 Å². The van der Waals surface area contributed by atoms with Crippen LogP contribution in [-0.4, -0.2) is 18.1 Å². The largest absolute Gasteiger partial charge is 0.507 e. The van der Waals surface area contributed by atoms with Crippen LogP contribution in [0.2, 0.25) is 5.02 Å². The summed E-state index contributed by atoms with van der Waals surface area (Å²) in [4.78, 5) is 12.2. The second-order valence-electron chi connectivity index (χ2n) is 5.39. The van der Waals surface area contributed by atoms with Gasteiger partial charge >= 0.3 is 0 Å². The Hall–Kier alpha value is -2.72. The lowest BCUT2D eigenvalue weighted by Crippen LogP contribution is -2.22. The number of ether oxygens (including phenoxy) is 1. The quantitative estimate of drug-likeness (QED) is 0.750. The molecule has 2 N–H and O–H groups in total. The van der Waals surface area contributed by atoms with Crippen LogP contribution in [0, 0.1) is 0 Å². The van der Waals surface area contributed by atoms with E-state index in [4.69, 9.17) is 16.3 Å². The summed E-state index contributed by atoms with van der Waals surface area (Å²) in [7, 11) is 1.64. The maximum absolute atomic E-state index is 12.2. The van der Waals surface area contributed by atoms with Gasteiger partial charge in [-0.25, -0.2) is 0 Å². The number of benzene rings is 3. The number of carbonyl (C=O) groups is 1. The van der Waals surface area contributed by atoms with Crippen molar-refractivity contribution in [3.63, 3.8) is 0 Å². The first kappa shape index (κ1) is 16.1. The fourth-order valence-electron chi connectivity index (χ4n) is 2.48. The van der Waals surface area contributed by atoms with Gasteiger partial charge in [-0.3, -0.25) is 4.79 Å². The average molecular weight is 342 g/mol. The Bertz CT molecular complexity index is 908. The second-order valence-corrected chi connectivity index (χ2v) is 5.83. The van der Waals surface area contributed by atoms with Gasteiger partial charge in [-0.05, 0) is 52.7 Å². The van der Waals surface area contributed by atoms with Crippen LogP contribution in [-0.2, 0) is 6.54 Å². The number of methoxy groups -OCH3 is 1. The van der Waals surface area contributed by atoms with E-state index in [9.17, 15) is 9.90 Å². The number of fused-ring (bicyclic) bond motifs is 1. The molecule has 3 rings (SSSR count). The Labute approximate surface area is 144 Å². The summed E-state index contributed by atoms with van der Waals surface area (Å²) in [5, 5.41) is 15.1. The van der Waals surface area contributed by atoms with Crippen LogP contribution in [0.25, 0.3) is 10.8 Å². The van der Waals surface area contributed by atoms with E-state index in [0.29, 0.717) is 11.6 Å². The van der Waals surface area contributed by atoms with Crippen LogP contribution < -0.4 is 10.1 Å². The molecule has 3 aromatic rings. The zero-order valence-electron chi connectivity index (χ0n) is 13.0. The van der Waals surface area contributed by atoms with Gasteiger partial charge in [0.25, 0.3) is 5.91 Å². The number of halogens is 1. The molecule has 24 heavy (non-hydrogen) atoms. The highest BCUT2D eigenvalue weighted by Crippen LogP contribution is 2.23. The number of phenolic OH excluding ortho intramolecular Hbond substituents is 1. The van der Waals surface area contributed by atoms with Gasteiger partial charge in [-0.15, -0.1) is 0 Å². The van der Waals surface area contributed by atoms with Crippen LogP contribution in [0.4, 0.5) is 0 Å². The molecule has 3 aromatic carbocycles. The average Bonchev–Trinajstić information content (AvgIpc) is 2.61. The van der Waals surface area contributed by atoms with Gasteiger partial charge in [0.1, 0.15) is 11.5 Å². The minimum atomic E-state index is -0.371. The van der Waals surface area contributed by atoms with Gasteiger partial charge in [-0.2, -0.15) is 0 Å². The van der Waals surface area contributed by atoms with E-state index < -0.39 is 0 Å². The van der Waals surface area contributed by atoms with E-state index in [0.717, 1.165) is 22.1 Å². The maximum Gasteiger partial charge on any atom is 0.255 e. The molecule has 0 spiro atoms. The van der Waals surface area contributed by atoms with E-state index in [-0.39, 0.29) is 17.2 Å². The summed E-state index contributed by atoms with van der Waals surface area (Å²) in [6.07, 6.45) is 0. The van der Waals surface area contributed by atoms with Crippen molar-refractivity contribution in [2.45, 2.75) is 6.54 Å². The molecule has 0 unspecified atom stereocenters.